The van der Waals surface area contributed by atoms with Crippen LogP contribution in [-0.2, 0) is 16.1 Å². The Balaban J connectivity index is 1.96. The van der Waals surface area contributed by atoms with Gasteiger partial charge in [0.1, 0.15) is 16.6 Å². The van der Waals surface area contributed by atoms with Gasteiger partial charge in [-0.05, 0) is 28.1 Å². The van der Waals surface area contributed by atoms with E-state index >= 15 is 0 Å². The van der Waals surface area contributed by atoms with Crippen LogP contribution in [0.4, 0.5) is 14.5 Å². The Kier molecular flexibility index (Phi) is 5.81. The van der Waals surface area contributed by atoms with Crippen molar-refractivity contribution in [3.8, 4) is 0 Å². The molecule has 0 fully saturated rings. The standard InChI is InChI=1S/C18H13BrF2N2O3S/c19-11-3-1-2-4-14(11)23(16(24)5-6-17(25)26)9-15-22-13-8-10(20)7-12(21)18(13)27-15/h1-4,7-8H,5-6,9H2,(H,25,26). The molecule has 140 valence electrons. The number of carbonyl (C=O) groups excluding carboxylic acids is 1. The summed E-state index contributed by atoms with van der Waals surface area (Å²) >= 11 is 4.40. The van der Waals surface area contributed by atoms with E-state index in [1.54, 1.807) is 24.3 Å². The molecule has 2 aromatic carbocycles. The summed E-state index contributed by atoms with van der Waals surface area (Å²) < 4.78 is 28.2. The molecule has 1 N–H and O–H groups in total. The fraction of sp³-hybridized carbons (Fsp3) is 0.167. The van der Waals surface area contributed by atoms with Gasteiger partial charge < -0.3 is 10.0 Å². The highest BCUT2D eigenvalue weighted by Gasteiger charge is 2.21. The molecule has 0 aliphatic carbocycles. The first-order chi connectivity index (χ1) is 12.8. The van der Waals surface area contributed by atoms with E-state index in [9.17, 15) is 18.4 Å². The first-order valence-electron chi connectivity index (χ1n) is 7.86. The van der Waals surface area contributed by atoms with Crippen LogP contribution >= 0.6 is 27.3 Å². The average Bonchev–Trinajstić information content (AvgIpc) is 3.01. The number of anilines is 1. The number of nitrogens with zero attached hydrogens (tertiary/aromatic N) is 2. The Morgan fingerprint density at radius 2 is 1.93 bits per heavy atom. The number of thiazole rings is 1. The van der Waals surface area contributed by atoms with Crippen LogP contribution < -0.4 is 4.90 Å². The molecule has 9 heteroatoms. The van der Waals surface area contributed by atoms with E-state index in [-0.39, 0.29) is 29.6 Å². The average molecular weight is 455 g/mol. The molecule has 0 aliphatic heterocycles. The molecule has 3 aromatic rings. The lowest BCUT2D eigenvalue weighted by Gasteiger charge is -2.23. The van der Waals surface area contributed by atoms with Crippen LogP contribution in [0.25, 0.3) is 10.2 Å². The molecule has 1 amide bonds. The number of aliphatic carboxylic acids is 1. The topological polar surface area (TPSA) is 70.5 Å². The van der Waals surface area contributed by atoms with Gasteiger partial charge in [-0.2, -0.15) is 0 Å². The van der Waals surface area contributed by atoms with Crippen molar-refractivity contribution in [2.45, 2.75) is 19.4 Å². The third-order valence-electron chi connectivity index (χ3n) is 3.74. The molecule has 3 rings (SSSR count). The lowest BCUT2D eigenvalue weighted by Crippen LogP contribution is -2.31. The number of aromatic nitrogens is 1. The quantitative estimate of drug-likeness (QED) is 0.583. The second-order valence-electron chi connectivity index (χ2n) is 5.67. The van der Waals surface area contributed by atoms with Gasteiger partial charge in [0.05, 0.1) is 28.9 Å². The van der Waals surface area contributed by atoms with Crippen molar-refractivity contribution in [1.29, 1.82) is 0 Å². The maximum absolute atomic E-state index is 13.9. The van der Waals surface area contributed by atoms with Gasteiger partial charge in [0.15, 0.2) is 0 Å². The van der Waals surface area contributed by atoms with Crippen LogP contribution in [0.3, 0.4) is 0 Å². The molecule has 0 radical (unpaired) electrons. The Morgan fingerprint density at radius 3 is 2.63 bits per heavy atom. The van der Waals surface area contributed by atoms with E-state index in [1.807, 2.05) is 0 Å². The summed E-state index contributed by atoms with van der Waals surface area (Å²) in [5, 5.41) is 9.25. The molecular weight excluding hydrogens is 442 g/mol. The lowest BCUT2D eigenvalue weighted by molar-refractivity contribution is -0.138. The second kappa shape index (κ2) is 8.10. The van der Waals surface area contributed by atoms with Gasteiger partial charge in [0.25, 0.3) is 0 Å². The van der Waals surface area contributed by atoms with Crippen molar-refractivity contribution >= 4 is 55.0 Å². The largest absolute Gasteiger partial charge is 0.481 e. The van der Waals surface area contributed by atoms with Gasteiger partial charge in [-0.25, -0.2) is 13.8 Å². The molecule has 0 saturated carbocycles. The molecule has 5 nitrogen and oxygen atoms in total. The number of amides is 1. The molecule has 1 aromatic heterocycles. The normalized spacial score (nSPS) is 10.9. The van der Waals surface area contributed by atoms with Gasteiger partial charge in [-0.1, -0.05) is 12.1 Å². The van der Waals surface area contributed by atoms with Crippen molar-refractivity contribution in [2.75, 3.05) is 4.90 Å². The van der Waals surface area contributed by atoms with Crippen LogP contribution in [0.5, 0.6) is 0 Å². The van der Waals surface area contributed by atoms with Crippen LogP contribution in [0.1, 0.15) is 17.8 Å². The number of carbonyl (C=O) groups is 2. The number of halogens is 3. The summed E-state index contributed by atoms with van der Waals surface area (Å²) in [5.41, 5.74) is 0.719. The molecule has 1 heterocycles. The third kappa shape index (κ3) is 4.48. The highest BCUT2D eigenvalue weighted by Crippen LogP contribution is 2.31. The van der Waals surface area contributed by atoms with Crippen molar-refractivity contribution in [2.24, 2.45) is 0 Å². The number of hydrogen-bond donors (Lipinski definition) is 1. The zero-order valence-corrected chi connectivity index (χ0v) is 16.2. The Labute approximate surface area is 165 Å². The summed E-state index contributed by atoms with van der Waals surface area (Å²) in [6, 6.07) is 8.89. The summed E-state index contributed by atoms with van der Waals surface area (Å²) in [6.45, 7) is 0.0153. The number of carboxylic acid groups (broad SMARTS) is 1. The smallest absolute Gasteiger partial charge is 0.303 e. The first-order valence-corrected chi connectivity index (χ1v) is 9.47. The summed E-state index contributed by atoms with van der Waals surface area (Å²) in [7, 11) is 0. The monoisotopic (exact) mass is 454 g/mol. The highest BCUT2D eigenvalue weighted by molar-refractivity contribution is 9.10. The van der Waals surface area contributed by atoms with Gasteiger partial charge in [0.2, 0.25) is 5.91 Å². The molecule has 0 atom stereocenters. The van der Waals surface area contributed by atoms with Crippen molar-refractivity contribution in [3.05, 3.63) is 57.5 Å². The van der Waals surface area contributed by atoms with Crippen LogP contribution in [0, 0.1) is 11.6 Å². The number of fused-ring (bicyclic) bond motifs is 1. The highest BCUT2D eigenvalue weighted by atomic mass is 79.9. The van der Waals surface area contributed by atoms with Crippen molar-refractivity contribution < 1.29 is 23.5 Å². The predicted molar refractivity (Wildman–Crippen MR) is 102 cm³/mol. The Bertz CT molecular complexity index is 1030. The van der Waals surface area contributed by atoms with Gasteiger partial charge in [-0.3, -0.25) is 9.59 Å². The van der Waals surface area contributed by atoms with E-state index in [4.69, 9.17) is 5.11 Å². The van der Waals surface area contributed by atoms with E-state index in [1.165, 1.54) is 4.90 Å². The Hall–Kier alpha value is -2.39. The minimum absolute atomic E-state index is 0.0153. The number of carboxylic acids is 1. The fourth-order valence-electron chi connectivity index (χ4n) is 2.54. The minimum Gasteiger partial charge on any atom is -0.481 e. The lowest BCUT2D eigenvalue weighted by atomic mass is 10.2. The van der Waals surface area contributed by atoms with Gasteiger partial charge in [0, 0.05) is 23.0 Å². The predicted octanol–water partition coefficient (Wildman–Crippen LogP) is 4.74. The summed E-state index contributed by atoms with van der Waals surface area (Å²) in [5.74, 6) is -2.92. The van der Waals surface area contributed by atoms with Crippen LogP contribution in [-0.4, -0.2) is 22.0 Å². The summed E-state index contributed by atoms with van der Waals surface area (Å²) in [4.78, 5) is 29.0. The van der Waals surface area contributed by atoms with Gasteiger partial charge >= 0.3 is 5.97 Å². The maximum atomic E-state index is 13.9. The minimum atomic E-state index is -1.08. The number of hydrogen-bond acceptors (Lipinski definition) is 4. The molecular formula is C18H13BrF2N2O3S. The van der Waals surface area contributed by atoms with Gasteiger partial charge in [-0.15, -0.1) is 11.3 Å². The molecule has 0 saturated heterocycles. The summed E-state index contributed by atoms with van der Waals surface area (Å²) in [6.07, 6.45) is -0.496. The SMILES string of the molecule is O=C(O)CCC(=O)N(Cc1nc2cc(F)cc(F)c2s1)c1ccccc1Br. The molecule has 0 aliphatic rings. The maximum Gasteiger partial charge on any atom is 0.303 e. The first kappa shape index (κ1) is 19.4. The van der Waals surface area contributed by atoms with E-state index in [0.717, 1.165) is 23.5 Å². The van der Waals surface area contributed by atoms with E-state index in [0.29, 0.717) is 15.2 Å². The Morgan fingerprint density at radius 1 is 1.19 bits per heavy atom. The molecule has 0 unspecified atom stereocenters. The fourth-order valence-corrected chi connectivity index (χ4v) is 3.97. The van der Waals surface area contributed by atoms with E-state index < -0.39 is 23.5 Å². The third-order valence-corrected chi connectivity index (χ3v) is 5.48. The molecule has 27 heavy (non-hydrogen) atoms. The number of para-hydroxylation sites is 1. The molecule has 0 spiro atoms. The van der Waals surface area contributed by atoms with E-state index in [2.05, 4.69) is 20.9 Å². The van der Waals surface area contributed by atoms with Crippen LogP contribution in [0.15, 0.2) is 40.9 Å². The molecule has 0 bridgehead atoms. The second-order valence-corrected chi connectivity index (χ2v) is 7.61. The van der Waals surface area contributed by atoms with Crippen molar-refractivity contribution in [1.82, 2.24) is 4.98 Å². The van der Waals surface area contributed by atoms with Crippen molar-refractivity contribution in [3.63, 3.8) is 0 Å². The van der Waals surface area contributed by atoms with Crippen LogP contribution in [0.2, 0.25) is 0 Å². The number of benzene rings is 2. The zero-order chi connectivity index (χ0) is 19.6. The number of rotatable bonds is 6. The zero-order valence-electron chi connectivity index (χ0n) is 13.8.